The molecule has 1 aliphatic rings. The molecule has 176 valence electrons. The van der Waals surface area contributed by atoms with Crippen LogP contribution in [0.15, 0.2) is 66.9 Å². The number of para-hydroxylation sites is 1. The molecule has 1 aromatic heterocycles. The first-order valence-electron chi connectivity index (χ1n) is 11.5. The highest BCUT2D eigenvalue weighted by molar-refractivity contribution is 6.00. The van der Waals surface area contributed by atoms with Crippen molar-refractivity contribution in [3.05, 3.63) is 78.0 Å². The van der Waals surface area contributed by atoms with Crippen LogP contribution in [-0.2, 0) is 11.2 Å². The molecule has 3 aromatic rings. The van der Waals surface area contributed by atoms with E-state index >= 15 is 0 Å². The summed E-state index contributed by atoms with van der Waals surface area (Å²) < 4.78 is 12.0. The number of aromatic carboxylic acids is 1. The predicted octanol–water partition coefficient (Wildman–Crippen LogP) is 5.71. The molecule has 1 unspecified atom stereocenters. The number of carbonyl (C=O) groups excluding carboxylic acids is 1. The Morgan fingerprint density at radius 3 is 2.44 bits per heavy atom. The van der Waals surface area contributed by atoms with Crippen LogP contribution in [0.1, 0.15) is 48.5 Å². The fraction of sp³-hybridized carbons (Fsp3) is 0.296. The van der Waals surface area contributed by atoms with E-state index in [4.69, 9.17) is 9.47 Å². The third kappa shape index (κ3) is 6.13. The molecule has 7 nitrogen and oxygen atoms in total. The third-order valence-electron chi connectivity index (χ3n) is 5.96. The number of aromatic nitrogens is 1. The van der Waals surface area contributed by atoms with E-state index in [9.17, 15) is 14.7 Å². The number of hydrogen-bond acceptors (Lipinski definition) is 5. The van der Waals surface area contributed by atoms with E-state index in [1.165, 1.54) is 25.3 Å². The number of benzene rings is 2. The van der Waals surface area contributed by atoms with Gasteiger partial charge in [0, 0.05) is 12.3 Å². The smallest absolute Gasteiger partial charge is 0.337 e. The van der Waals surface area contributed by atoms with Crippen molar-refractivity contribution in [1.82, 2.24) is 4.98 Å². The molecule has 2 N–H and O–H groups in total. The Kier molecular flexibility index (Phi) is 7.42. The van der Waals surface area contributed by atoms with Crippen molar-refractivity contribution in [1.29, 1.82) is 0 Å². The van der Waals surface area contributed by atoms with Crippen molar-refractivity contribution in [2.75, 3.05) is 5.32 Å². The number of amides is 1. The first-order valence-corrected chi connectivity index (χ1v) is 11.5. The molecule has 0 radical (unpaired) electrons. The van der Waals surface area contributed by atoms with Crippen LogP contribution in [0.3, 0.4) is 0 Å². The van der Waals surface area contributed by atoms with Gasteiger partial charge in [0.2, 0.25) is 11.8 Å². The Labute approximate surface area is 198 Å². The Hall–Kier alpha value is -3.87. The second-order valence-electron chi connectivity index (χ2n) is 8.57. The molecule has 0 bridgehead atoms. The van der Waals surface area contributed by atoms with Crippen molar-refractivity contribution in [3.63, 3.8) is 0 Å². The summed E-state index contributed by atoms with van der Waals surface area (Å²) in [6, 6.07) is 17.3. The van der Waals surface area contributed by atoms with Gasteiger partial charge in [0.15, 0.2) is 0 Å². The molecule has 0 saturated heterocycles. The van der Waals surface area contributed by atoms with Gasteiger partial charge >= 0.3 is 5.97 Å². The molecule has 1 heterocycles. The van der Waals surface area contributed by atoms with Crippen LogP contribution in [0.2, 0.25) is 0 Å². The van der Waals surface area contributed by atoms with Crippen molar-refractivity contribution in [2.24, 2.45) is 5.92 Å². The molecular formula is C27H28N2O5. The van der Waals surface area contributed by atoms with E-state index in [2.05, 4.69) is 17.2 Å². The minimum atomic E-state index is -1.10. The molecule has 2 atom stereocenters. The molecule has 1 amide bonds. The van der Waals surface area contributed by atoms with Gasteiger partial charge in [0.25, 0.3) is 0 Å². The zero-order valence-corrected chi connectivity index (χ0v) is 19.1. The van der Waals surface area contributed by atoms with Crippen LogP contribution in [0.25, 0.3) is 0 Å². The van der Waals surface area contributed by atoms with Gasteiger partial charge in [0.05, 0.1) is 17.7 Å². The van der Waals surface area contributed by atoms with Crippen LogP contribution in [0, 0.1) is 5.92 Å². The summed E-state index contributed by atoms with van der Waals surface area (Å²) in [6.45, 7) is 2.25. The van der Waals surface area contributed by atoms with E-state index < -0.39 is 5.97 Å². The Balaban J connectivity index is 1.30. The van der Waals surface area contributed by atoms with Crippen LogP contribution in [-0.4, -0.2) is 28.1 Å². The molecule has 0 spiro atoms. The number of carboxylic acid groups (broad SMARTS) is 1. The SMILES string of the molecule is C[C@@H]1CCCCC1Oc1ccc(Oc2ccc(CC(=O)Nc3ccccc3C(=O)O)cn2)cc1. The Morgan fingerprint density at radius 2 is 1.74 bits per heavy atom. The first-order chi connectivity index (χ1) is 16.5. The average molecular weight is 461 g/mol. The van der Waals surface area contributed by atoms with Gasteiger partial charge in [0.1, 0.15) is 17.6 Å². The molecule has 2 aromatic carbocycles. The summed E-state index contributed by atoms with van der Waals surface area (Å²) in [5.74, 6) is 1.04. The molecule has 1 saturated carbocycles. The zero-order chi connectivity index (χ0) is 23.9. The topological polar surface area (TPSA) is 97.8 Å². The maximum absolute atomic E-state index is 12.4. The number of ether oxygens (including phenoxy) is 2. The van der Waals surface area contributed by atoms with Gasteiger partial charge in [-0.05, 0) is 67.1 Å². The van der Waals surface area contributed by atoms with Crippen LogP contribution < -0.4 is 14.8 Å². The van der Waals surface area contributed by atoms with Gasteiger partial charge in [-0.2, -0.15) is 0 Å². The normalized spacial score (nSPS) is 17.6. The summed E-state index contributed by atoms with van der Waals surface area (Å²) in [4.78, 5) is 27.9. The van der Waals surface area contributed by atoms with Crippen molar-refractivity contribution in [3.8, 4) is 17.4 Å². The zero-order valence-electron chi connectivity index (χ0n) is 19.1. The molecule has 7 heteroatoms. The maximum Gasteiger partial charge on any atom is 0.337 e. The fourth-order valence-electron chi connectivity index (χ4n) is 4.07. The quantitative estimate of drug-likeness (QED) is 0.447. The molecule has 1 fully saturated rings. The lowest BCUT2D eigenvalue weighted by molar-refractivity contribution is -0.115. The van der Waals surface area contributed by atoms with Crippen LogP contribution in [0.4, 0.5) is 5.69 Å². The average Bonchev–Trinajstić information content (AvgIpc) is 2.83. The van der Waals surface area contributed by atoms with Gasteiger partial charge < -0.3 is 19.9 Å². The predicted molar refractivity (Wildman–Crippen MR) is 129 cm³/mol. The summed E-state index contributed by atoms with van der Waals surface area (Å²) in [6.07, 6.45) is 6.71. The second kappa shape index (κ2) is 10.8. The number of pyridine rings is 1. The minimum absolute atomic E-state index is 0.0439. The highest BCUT2D eigenvalue weighted by Crippen LogP contribution is 2.29. The van der Waals surface area contributed by atoms with E-state index in [1.807, 2.05) is 24.3 Å². The van der Waals surface area contributed by atoms with Gasteiger partial charge in [-0.15, -0.1) is 0 Å². The minimum Gasteiger partial charge on any atom is -0.490 e. The molecule has 1 aliphatic carbocycles. The van der Waals surface area contributed by atoms with Gasteiger partial charge in [-0.1, -0.05) is 31.5 Å². The van der Waals surface area contributed by atoms with Gasteiger partial charge in [-0.25, -0.2) is 9.78 Å². The van der Waals surface area contributed by atoms with Crippen LogP contribution in [0.5, 0.6) is 17.4 Å². The lowest BCUT2D eigenvalue weighted by Gasteiger charge is -2.29. The monoisotopic (exact) mass is 460 g/mol. The van der Waals surface area contributed by atoms with Crippen molar-refractivity contribution < 1.29 is 24.2 Å². The second-order valence-corrected chi connectivity index (χ2v) is 8.57. The summed E-state index contributed by atoms with van der Waals surface area (Å²) in [5.41, 5.74) is 0.990. The molecule has 34 heavy (non-hydrogen) atoms. The largest absolute Gasteiger partial charge is 0.490 e. The van der Waals surface area contributed by atoms with E-state index in [0.717, 1.165) is 12.2 Å². The highest BCUT2D eigenvalue weighted by atomic mass is 16.5. The molecular weight excluding hydrogens is 432 g/mol. The fourth-order valence-corrected chi connectivity index (χ4v) is 4.07. The lowest BCUT2D eigenvalue weighted by Crippen LogP contribution is -2.28. The maximum atomic E-state index is 12.4. The third-order valence-corrected chi connectivity index (χ3v) is 5.96. The van der Waals surface area contributed by atoms with Crippen LogP contribution >= 0.6 is 0 Å². The van der Waals surface area contributed by atoms with E-state index in [-0.39, 0.29) is 29.7 Å². The Morgan fingerprint density at radius 1 is 1.00 bits per heavy atom. The number of carbonyl (C=O) groups is 2. The Bertz CT molecular complexity index is 1130. The van der Waals surface area contributed by atoms with E-state index in [0.29, 0.717) is 23.1 Å². The van der Waals surface area contributed by atoms with Crippen molar-refractivity contribution >= 4 is 17.6 Å². The standard InChI is InChI=1S/C27H28N2O5/c1-18-6-2-5-9-24(18)33-20-11-13-21(14-12-20)34-26-15-10-19(17-28-26)16-25(30)29-23-8-4-3-7-22(23)27(31)32/h3-4,7-8,10-15,17-18,24H,2,5-6,9,16H2,1H3,(H,29,30)(H,31,32)/t18-,24?/m1/s1. The summed E-state index contributed by atoms with van der Waals surface area (Å²) in [5, 5.41) is 11.9. The highest BCUT2D eigenvalue weighted by Gasteiger charge is 2.22. The number of hydrogen-bond donors (Lipinski definition) is 2. The van der Waals surface area contributed by atoms with Gasteiger partial charge in [-0.3, -0.25) is 4.79 Å². The van der Waals surface area contributed by atoms with Crippen molar-refractivity contribution in [2.45, 2.75) is 45.1 Å². The molecule has 0 aliphatic heterocycles. The van der Waals surface area contributed by atoms with E-state index in [1.54, 1.807) is 36.5 Å². The number of nitrogens with one attached hydrogen (secondary N) is 1. The lowest BCUT2D eigenvalue weighted by atomic mass is 9.88. The number of nitrogens with zero attached hydrogens (tertiary/aromatic N) is 1. The first kappa shape index (κ1) is 23.3. The molecule has 4 rings (SSSR count). The summed E-state index contributed by atoms with van der Waals surface area (Å²) in [7, 11) is 0. The number of anilines is 1. The number of rotatable bonds is 8. The number of carboxylic acids is 1. The summed E-state index contributed by atoms with van der Waals surface area (Å²) >= 11 is 0.